The summed E-state index contributed by atoms with van der Waals surface area (Å²) < 4.78 is 10.4. The molecule has 0 saturated heterocycles. The molecule has 0 aliphatic rings. The van der Waals surface area contributed by atoms with E-state index in [-0.39, 0.29) is 12.3 Å². The summed E-state index contributed by atoms with van der Waals surface area (Å²) in [5, 5.41) is 7.04. The van der Waals surface area contributed by atoms with E-state index in [0.29, 0.717) is 24.1 Å². The Bertz CT molecular complexity index is 946. The van der Waals surface area contributed by atoms with Crippen molar-refractivity contribution < 1.29 is 14.1 Å². The lowest BCUT2D eigenvalue weighted by Crippen LogP contribution is -2.15. The molecule has 1 heterocycles. The predicted molar refractivity (Wildman–Crippen MR) is 109 cm³/mol. The van der Waals surface area contributed by atoms with Gasteiger partial charge in [0.05, 0.1) is 7.11 Å². The SMILES string of the molecule is COc1ccc(-c2noc(CCC(=O)Nc3c(C)cccc3C(C)C)n2)cc1. The highest BCUT2D eigenvalue weighted by molar-refractivity contribution is 5.92. The molecular weight excluding hydrogens is 354 g/mol. The number of methoxy groups -OCH3 is 1. The molecule has 0 bridgehead atoms. The number of carbonyl (C=O) groups excluding carboxylic acids is 1. The van der Waals surface area contributed by atoms with E-state index in [1.165, 1.54) is 0 Å². The van der Waals surface area contributed by atoms with Crippen LogP contribution in [0.4, 0.5) is 5.69 Å². The van der Waals surface area contributed by atoms with Crippen LogP contribution in [0.25, 0.3) is 11.4 Å². The largest absolute Gasteiger partial charge is 0.497 e. The molecule has 0 atom stereocenters. The maximum absolute atomic E-state index is 12.4. The molecule has 0 fully saturated rings. The van der Waals surface area contributed by atoms with Crippen molar-refractivity contribution in [2.75, 3.05) is 12.4 Å². The van der Waals surface area contributed by atoms with Crippen LogP contribution in [0.15, 0.2) is 47.0 Å². The minimum absolute atomic E-state index is 0.0691. The standard InChI is InChI=1S/C22H25N3O3/c1-14(2)18-7-5-6-15(3)21(18)23-19(26)12-13-20-24-22(25-28-20)16-8-10-17(27-4)11-9-16/h5-11,14H,12-13H2,1-4H3,(H,23,26). The lowest BCUT2D eigenvalue weighted by Gasteiger charge is -2.16. The molecule has 0 aliphatic heterocycles. The van der Waals surface area contributed by atoms with Crippen LogP contribution in [0, 0.1) is 6.92 Å². The van der Waals surface area contributed by atoms with Crippen molar-refractivity contribution in [2.24, 2.45) is 0 Å². The summed E-state index contributed by atoms with van der Waals surface area (Å²) in [6.07, 6.45) is 0.661. The molecule has 0 unspecified atom stereocenters. The topological polar surface area (TPSA) is 77.2 Å². The molecular formula is C22H25N3O3. The lowest BCUT2D eigenvalue weighted by molar-refractivity contribution is -0.116. The number of hydrogen-bond donors (Lipinski definition) is 1. The normalized spacial score (nSPS) is 10.9. The van der Waals surface area contributed by atoms with Crippen molar-refractivity contribution >= 4 is 11.6 Å². The van der Waals surface area contributed by atoms with E-state index < -0.39 is 0 Å². The summed E-state index contributed by atoms with van der Waals surface area (Å²) >= 11 is 0. The number of aryl methyl sites for hydroxylation is 2. The molecule has 28 heavy (non-hydrogen) atoms. The zero-order valence-electron chi connectivity index (χ0n) is 16.7. The fourth-order valence-corrected chi connectivity index (χ4v) is 2.98. The summed E-state index contributed by atoms with van der Waals surface area (Å²) in [5.74, 6) is 1.97. The summed E-state index contributed by atoms with van der Waals surface area (Å²) in [6, 6.07) is 13.5. The molecule has 3 aromatic rings. The highest BCUT2D eigenvalue weighted by Crippen LogP contribution is 2.27. The molecule has 146 valence electrons. The smallest absolute Gasteiger partial charge is 0.227 e. The van der Waals surface area contributed by atoms with E-state index in [0.717, 1.165) is 28.1 Å². The van der Waals surface area contributed by atoms with E-state index in [1.807, 2.05) is 49.4 Å². The van der Waals surface area contributed by atoms with Gasteiger partial charge < -0.3 is 14.6 Å². The van der Waals surface area contributed by atoms with Crippen LogP contribution in [0.2, 0.25) is 0 Å². The average molecular weight is 379 g/mol. The average Bonchev–Trinajstić information content (AvgIpc) is 3.17. The highest BCUT2D eigenvalue weighted by atomic mass is 16.5. The molecule has 1 amide bonds. The number of ether oxygens (including phenoxy) is 1. The number of rotatable bonds is 7. The van der Waals surface area contributed by atoms with Crippen molar-refractivity contribution in [1.82, 2.24) is 10.1 Å². The van der Waals surface area contributed by atoms with Crippen molar-refractivity contribution in [2.45, 2.75) is 39.5 Å². The van der Waals surface area contributed by atoms with Gasteiger partial charge in [0.2, 0.25) is 17.6 Å². The maximum atomic E-state index is 12.4. The van der Waals surface area contributed by atoms with Crippen LogP contribution in [0.1, 0.15) is 43.2 Å². The Labute approximate surface area is 164 Å². The van der Waals surface area contributed by atoms with Crippen LogP contribution >= 0.6 is 0 Å². The van der Waals surface area contributed by atoms with Crippen LogP contribution in [-0.2, 0) is 11.2 Å². The zero-order chi connectivity index (χ0) is 20.1. The van der Waals surface area contributed by atoms with Crippen molar-refractivity contribution in [1.29, 1.82) is 0 Å². The van der Waals surface area contributed by atoms with Crippen molar-refractivity contribution in [3.05, 3.63) is 59.5 Å². The van der Waals surface area contributed by atoms with Crippen LogP contribution in [0.3, 0.4) is 0 Å². The molecule has 1 aromatic heterocycles. The number of amides is 1. The van der Waals surface area contributed by atoms with Gasteiger partial charge >= 0.3 is 0 Å². The van der Waals surface area contributed by atoms with Crippen LogP contribution < -0.4 is 10.1 Å². The summed E-state index contributed by atoms with van der Waals surface area (Å²) in [5.41, 5.74) is 3.92. The predicted octanol–water partition coefficient (Wildman–Crippen LogP) is 4.75. The fraction of sp³-hybridized carbons (Fsp3) is 0.318. The van der Waals surface area contributed by atoms with Gasteiger partial charge in [-0.2, -0.15) is 4.98 Å². The molecule has 6 nitrogen and oxygen atoms in total. The van der Waals surface area contributed by atoms with Crippen molar-refractivity contribution in [3.8, 4) is 17.1 Å². The number of anilines is 1. The monoisotopic (exact) mass is 379 g/mol. The van der Waals surface area contributed by atoms with Gasteiger partial charge in [0, 0.05) is 24.1 Å². The molecule has 0 saturated carbocycles. The minimum atomic E-state index is -0.0691. The van der Waals surface area contributed by atoms with Gasteiger partial charge in [-0.05, 0) is 48.2 Å². The number of aromatic nitrogens is 2. The molecule has 3 rings (SSSR count). The first-order valence-corrected chi connectivity index (χ1v) is 9.34. The first-order chi connectivity index (χ1) is 13.5. The first kappa shape index (κ1) is 19.6. The Kier molecular flexibility index (Phi) is 6.09. The second-order valence-corrected chi connectivity index (χ2v) is 6.98. The summed E-state index contributed by atoms with van der Waals surface area (Å²) in [7, 11) is 1.62. The van der Waals surface area contributed by atoms with E-state index in [1.54, 1.807) is 7.11 Å². The molecule has 0 radical (unpaired) electrons. The third-order valence-electron chi connectivity index (χ3n) is 4.57. The van der Waals surface area contributed by atoms with Gasteiger partial charge in [-0.1, -0.05) is 37.2 Å². The first-order valence-electron chi connectivity index (χ1n) is 9.34. The number of hydrogen-bond acceptors (Lipinski definition) is 5. The van der Waals surface area contributed by atoms with Gasteiger partial charge in [-0.15, -0.1) is 0 Å². The molecule has 2 aromatic carbocycles. The van der Waals surface area contributed by atoms with Gasteiger partial charge in [0.15, 0.2) is 0 Å². The number of nitrogens with zero attached hydrogens (tertiary/aromatic N) is 2. The summed E-state index contributed by atoms with van der Waals surface area (Å²) in [4.78, 5) is 16.8. The van der Waals surface area contributed by atoms with Crippen LogP contribution in [-0.4, -0.2) is 23.2 Å². The Morgan fingerprint density at radius 3 is 2.61 bits per heavy atom. The second kappa shape index (κ2) is 8.69. The maximum Gasteiger partial charge on any atom is 0.227 e. The van der Waals surface area contributed by atoms with E-state index in [4.69, 9.17) is 9.26 Å². The third-order valence-corrected chi connectivity index (χ3v) is 4.57. The fourth-order valence-electron chi connectivity index (χ4n) is 2.98. The van der Waals surface area contributed by atoms with E-state index >= 15 is 0 Å². The molecule has 0 aliphatic carbocycles. The number of carbonyl (C=O) groups is 1. The quantitative estimate of drug-likeness (QED) is 0.641. The third kappa shape index (κ3) is 4.57. The lowest BCUT2D eigenvalue weighted by atomic mass is 9.98. The number of para-hydroxylation sites is 1. The van der Waals surface area contributed by atoms with Gasteiger partial charge in [0.1, 0.15) is 5.75 Å². The molecule has 6 heteroatoms. The molecule has 1 N–H and O–H groups in total. The Morgan fingerprint density at radius 1 is 1.18 bits per heavy atom. The van der Waals surface area contributed by atoms with Crippen LogP contribution in [0.5, 0.6) is 5.75 Å². The van der Waals surface area contributed by atoms with Gasteiger partial charge in [0.25, 0.3) is 0 Å². The Morgan fingerprint density at radius 2 is 1.93 bits per heavy atom. The Balaban J connectivity index is 1.62. The minimum Gasteiger partial charge on any atom is -0.497 e. The van der Waals surface area contributed by atoms with E-state index in [9.17, 15) is 4.79 Å². The Hall–Kier alpha value is -3.15. The van der Waals surface area contributed by atoms with Gasteiger partial charge in [-0.3, -0.25) is 4.79 Å². The second-order valence-electron chi connectivity index (χ2n) is 6.98. The highest BCUT2D eigenvalue weighted by Gasteiger charge is 2.14. The zero-order valence-corrected chi connectivity index (χ0v) is 16.7. The van der Waals surface area contributed by atoms with Gasteiger partial charge in [-0.25, -0.2) is 0 Å². The van der Waals surface area contributed by atoms with Crippen molar-refractivity contribution in [3.63, 3.8) is 0 Å². The number of benzene rings is 2. The van der Waals surface area contributed by atoms with E-state index in [2.05, 4.69) is 29.3 Å². The molecule has 0 spiro atoms. The summed E-state index contributed by atoms with van der Waals surface area (Å²) in [6.45, 7) is 6.23. The number of nitrogens with one attached hydrogen (secondary N) is 1.